The van der Waals surface area contributed by atoms with E-state index in [4.69, 9.17) is 9.47 Å². The first-order valence-electron chi connectivity index (χ1n) is 13.0. The summed E-state index contributed by atoms with van der Waals surface area (Å²) < 4.78 is 10.7. The molecule has 0 aromatic rings. The summed E-state index contributed by atoms with van der Waals surface area (Å²) in [4.78, 5) is 0. The Bertz CT molecular complexity index is 403. The van der Waals surface area contributed by atoms with Crippen LogP contribution in [0.1, 0.15) is 109 Å². The quantitative estimate of drug-likeness (QED) is 0.157. The summed E-state index contributed by atoms with van der Waals surface area (Å²) in [6.07, 6.45) is 20.9. The van der Waals surface area contributed by atoms with Crippen molar-refractivity contribution < 1.29 is 24.8 Å². The Morgan fingerprint density at radius 1 is 0.774 bits per heavy atom. The van der Waals surface area contributed by atoms with Gasteiger partial charge in [-0.1, -0.05) is 96.0 Å². The van der Waals surface area contributed by atoms with Crippen LogP contribution in [0, 0.1) is 0 Å². The van der Waals surface area contributed by atoms with Crippen LogP contribution < -0.4 is 0 Å². The molecule has 31 heavy (non-hydrogen) atoms. The Morgan fingerprint density at radius 2 is 1.23 bits per heavy atom. The van der Waals surface area contributed by atoms with Crippen LogP contribution in [0.2, 0.25) is 0 Å². The fourth-order valence-corrected chi connectivity index (χ4v) is 4.23. The number of hydrogen-bond acceptors (Lipinski definition) is 5. The van der Waals surface area contributed by atoms with E-state index in [1.54, 1.807) is 0 Å². The molecule has 1 heterocycles. The van der Waals surface area contributed by atoms with Gasteiger partial charge < -0.3 is 24.8 Å². The average Bonchev–Trinajstić information content (AvgIpc) is 3.10. The third-order valence-electron chi connectivity index (χ3n) is 6.31. The maximum atomic E-state index is 9.96. The lowest BCUT2D eigenvalue weighted by molar-refractivity contribution is -0.0813. The van der Waals surface area contributed by atoms with Crippen LogP contribution in [0.25, 0.3) is 0 Å². The first kappa shape index (κ1) is 28.6. The van der Waals surface area contributed by atoms with Gasteiger partial charge in [-0.05, 0) is 19.3 Å². The van der Waals surface area contributed by atoms with Gasteiger partial charge in [0, 0.05) is 6.61 Å². The van der Waals surface area contributed by atoms with Gasteiger partial charge in [0.05, 0.1) is 13.2 Å². The summed E-state index contributed by atoms with van der Waals surface area (Å²) in [5.74, 6) is 0. The smallest absolute Gasteiger partial charge is 0.114 e. The molecule has 0 aliphatic carbocycles. The van der Waals surface area contributed by atoms with E-state index in [9.17, 15) is 15.3 Å². The predicted octanol–water partition coefficient (Wildman–Crippen LogP) is 5.30. The van der Waals surface area contributed by atoms with Crippen molar-refractivity contribution in [2.45, 2.75) is 134 Å². The highest BCUT2D eigenvalue weighted by atomic mass is 16.5. The molecule has 1 rings (SSSR count). The van der Waals surface area contributed by atoms with Gasteiger partial charge in [-0.2, -0.15) is 0 Å². The molecule has 1 aliphatic heterocycles. The van der Waals surface area contributed by atoms with Crippen LogP contribution >= 0.6 is 0 Å². The molecule has 0 unspecified atom stereocenters. The summed E-state index contributed by atoms with van der Waals surface area (Å²) in [6.45, 7) is 4.60. The Labute approximate surface area is 191 Å². The zero-order chi connectivity index (χ0) is 22.6. The molecule has 0 aromatic carbocycles. The van der Waals surface area contributed by atoms with Crippen LogP contribution in [-0.2, 0) is 9.47 Å². The number of ether oxygens (including phenoxy) is 2. The molecule has 0 aromatic heterocycles. The lowest BCUT2D eigenvalue weighted by atomic mass is 10.0. The molecule has 1 aliphatic rings. The topological polar surface area (TPSA) is 79.2 Å². The van der Waals surface area contributed by atoms with Crippen LogP contribution in [-0.4, -0.2) is 59.6 Å². The predicted molar refractivity (Wildman–Crippen MR) is 127 cm³/mol. The van der Waals surface area contributed by atoms with Crippen molar-refractivity contribution in [1.29, 1.82) is 0 Å². The van der Waals surface area contributed by atoms with E-state index in [1.165, 1.54) is 96.3 Å². The van der Waals surface area contributed by atoms with E-state index in [0.29, 0.717) is 6.61 Å². The molecular weight excluding hydrogens is 392 g/mol. The first-order valence-corrected chi connectivity index (χ1v) is 13.0. The van der Waals surface area contributed by atoms with Gasteiger partial charge >= 0.3 is 0 Å². The third kappa shape index (κ3) is 15.1. The molecule has 0 saturated carbocycles. The molecular formula is C26H50O5. The molecule has 4 atom stereocenters. The fraction of sp³-hybridized carbons (Fsp3) is 0.923. The van der Waals surface area contributed by atoms with E-state index in [1.807, 2.05) is 6.08 Å². The summed E-state index contributed by atoms with van der Waals surface area (Å²) >= 11 is 0. The van der Waals surface area contributed by atoms with Crippen molar-refractivity contribution in [3.05, 3.63) is 12.7 Å². The second-order valence-electron chi connectivity index (χ2n) is 9.23. The highest BCUT2D eigenvalue weighted by molar-refractivity contribution is 4.87. The van der Waals surface area contributed by atoms with Crippen molar-refractivity contribution in [3.63, 3.8) is 0 Å². The van der Waals surface area contributed by atoms with Gasteiger partial charge in [0.2, 0.25) is 0 Å². The minimum atomic E-state index is -1.03. The van der Waals surface area contributed by atoms with Crippen LogP contribution in [0.15, 0.2) is 12.7 Å². The highest BCUT2D eigenvalue weighted by Gasteiger charge is 2.39. The van der Waals surface area contributed by atoms with Gasteiger partial charge in [-0.3, -0.25) is 0 Å². The fourth-order valence-electron chi connectivity index (χ4n) is 4.23. The number of allylic oxidation sites excluding steroid dienone is 1. The van der Waals surface area contributed by atoms with Crippen molar-refractivity contribution in [2.24, 2.45) is 0 Å². The molecule has 0 amide bonds. The first-order chi connectivity index (χ1) is 15.2. The lowest BCUT2D eigenvalue weighted by Crippen LogP contribution is -2.40. The van der Waals surface area contributed by atoms with Crippen molar-refractivity contribution >= 4 is 0 Å². The minimum Gasteiger partial charge on any atom is -0.388 e. The van der Waals surface area contributed by atoms with E-state index < -0.39 is 24.4 Å². The maximum Gasteiger partial charge on any atom is 0.114 e. The van der Waals surface area contributed by atoms with Crippen LogP contribution in [0.4, 0.5) is 0 Å². The van der Waals surface area contributed by atoms with Gasteiger partial charge in [0.25, 0.3) is 0 Å². The highest BCUT2D eigenvalue weighted by Crippen LogP contribution is 2.18. The van der Waals surface area contributed by atoms with Crippen molar-refractivity contribution in [1.82, 2.24) is 0 Å². The molecule has 1 saturated heterocycles. The summed E-state index contributed by atoms with van der Waals surface area (Å²) in [5.41, 5.74) is 0. The van der Waals surface area contributed by atoms with E-state index in [-0.39, 0.29) is 13.2 Å². The molecule has 0 spiro atoms. The van der Waals surface area contributed by atoms with Gasteiger partial charge in [0.15, 0.2) is 0 Å². The molecule has 3 N–H and O–H groups in total. The monoisotopic (exact) mass is 442 g/mol. The Kier molecular flexibility index (Phi) is 18.6. The molecule has 0 bridgehead atoms. The number of unbranched alkanes of at least 4 members (excludes halogenated alkanes) is 16. The van der Waals surface area contributed by atoms with E-state index >= 15 is 0 Å². The summed E-state index contributed by atoms with van der Waals surface area (Å²) in [6, 6.07) is 0. The second kappa shape index (κ2) is 20.2. The van der Waals surface area contributed by atoms with Crippen LogP contribution in [0.5, 0.6) is 0 Å². The number of rotatable bonds is 22. The Balaban J connectivity index is 1.72. The molecule has 0 radical (unpaired) electrons. The van der Waals surface area contributed by atoms with Gasteiger partial charge in [0.1, 0.15) is 24.4 Å². The molecule has 184 valence electrons. The Morgan fingerprint density at radius 3 is 1.65 bits per heavy atom. The number of aliphatic hydroxyl groups is 3. The third-order valence-corrected chi connectivity index (χ3v) is 6.31. The molecule has 1 fully saturated rings. The van der Waals surface area contributed by atoms with Crippen molar-refractivity contribution in [3.8, 4) is 0 Å². The zero-order valence-electron chi connectivity index (χ0n) is 19.9. The SMILES string of the molecule is C=CCCCCCCCCCCCCCCCCCCOC[C@@H](O)[C@H]1OC[C@H](O)[C@H]1O. The van der Waals surface area contributed by atoms with Crippen molar-refractivity contribution in [2.75, 3.05) is 19.8 Å². The number of aliphatic hydroxyl groups excluding tert-OH is 3. The lowest BCUT2D eigenvalue weighted by Gasteiger charge is -2.20. The second-order valence-corrected chi connectivity index (χ2v) is 9.23. The largest absolute Gasteiger partial charge is 0.388 e. The molecule has 5 heteroatoms. The Hall–Kier alpha value is -0.460. The summed E-state index contributed by atoms with van der Waals surface area (Å²) in [5, 5.41) is 29.1. The van der Waals surface area contributed by atoms with Crippen LogP contribution in [0.3, 0.4) is 0 Å². The zero-order valence-corrected chi connectivity index (χ0v) is 19.9. The average molecular weight is 443 g/mol. The number of hydrogen-bond donors (Lipinski definition) is 3. The molecule has 5 nitrogen and oxygen atoms in total. The van der Waals surface area contributed by atoms with E-state index in [2.05, 4.69) is 6.58 Å². The summed E-state index contributed by atoms with van der Waals surface area (Å²) in [7, 11) is 0. The normalized spacial score (nSPS) is 22.1. The standard InChI is InChI=1S/C26H50O5/c1-2-3-4-5-6-7-8-9-10-11-12-13-14-15-16-17-18-19-20-30-21-24(28)26-25(29)23(27)22-31-26/h2,23-29H,1,3-22H2/t23-,24+,25+,26+/m0/s1. The van der Waals surface area contributed by atoms with Gasteiger partial charge in [-0.15, -0.1) is 6.58 Å². The maximum absolute atomic E-state index is 9.96. The van der Waals surface area contributed by atoms with Gasteiger partial charge in [-0.25, -0.2) is 0 Å². The van der Waals surface area contributed by atoms with E-state index in [0.717, 1.165) is 12.8 Å². The minimum absolute atomic E-state index is 0.0693.